The van der Waals surface area contributed by atoms with Gasteiger partial charge in [0.25, 0.3) is 0 Å². The summed E-state index contributed by atoms with van der Waals surface area (Å²) in [4.78, 5) is 26.4. The van der Waals surface area contributed by atoms with Crippen molar-refractivity contribution in [2.45, 2.75) is 123 Å². The lowest BCUT2D eigenvalue weighted by Gasteiger charge is -2.38. The lowest BCUT2D eigenvalue weighted by atomic mass is 10.1. The number of piperidine rings is 1. The Bertz CT molecular complexity index is 901. The lowest BCUT2D eigenvalue weighted by molar-refractivity contribution is -0.121. The highest BCUT2D eigenvalue weighted by molar-refractivity contribution is 6.60. The van der Waals surface area contributed by atoms with Crippen LogP contribution >= 0.6 is 0 Å². The smallest absolute Gasteiger partial charge is 0.500 e. The molecule has 262 valence electrons. The van der Waals surface area contributed by atoms with Crippen molar-refractivity contribution >= 4 is 26.6 Å². The van der Waals surface area contributed by atoms with Crippen LogP contribution in [0.15, 0.2) is 0 Å². The van der Waals surface area contributed by atoms with Crippen LogP contribution in [-0.2, 0) is 18.1 Å². The van der Waals surface area contributed by atoms with Crippen molar-refractivity contribution < 1.29 is 35.2 Å². The van der Waals surface area contributed by atoms with E-state index in [4.69, 9.17) is 28.0 Å². The molecule has 0 radical (unpaired) electrons. The Balaban J connectivity index is 0.0000101. The number of unbranched alkanes of at least 4 members (excludes halogenated alkanes) is 9. The van der Waals surface area contributed by atoms with Gasteiger partial charge in [-0.15, -0.1) is 9.97 Å². The minimum atomic E-state index is -2.61. The van der Waals surface area contributed by atoms with Gasteiger partial charge in [-0.3, -0.25) is 9.28 Å². The Labute approximate surface area is 280 Å². The fourth-order valence-electron chi connectivity index (χ4n) is 5.98. The summed E-state index contributed by atoms with van der Waals surface area (Å²) in [6.07, 6.45) is 18.0. The van der Waals surface area contributed by atoms with Crippen molar-refractivity contribution in [3.8, 4) is 6.01 Å². The number of carbonyl (C=O) groups is 1. The van der Waals surface area contributed by atoms with Crippen molar-refractivity contribution in [1.29, 1.82) is 0 Å². The predicted octanol–water partition coefficient (Wildman–Crippen LogP) is 3.26. The van der Waals surface area contributed by atoms with Crippen LogP contribution in [0.1, 0.15) is 117 Å². The first-order valence-electron chi connectivity index (χ1n) is 17.4. The van der Waals surface area contributed by atoms with E-state index in [0.717, 1.165) is 68.7 Å². The summed E-state index contributed by atoms with van der Waals surface area (Å²) in [5.74, 6) is 1.58. The number of rotatable bonds is 26. The Kier molecular flexibility index (Phi) is 22.6. The van der Waals surface area contributed by atoms with E-state index in [1.165, 1.54) is 64.2 Å². The van der Waals surface area contributed by atoms with Gasteiger partial charge < -0.3 is 41.1 Å². The molecule has 0 spiro atoms. The molecule has 0 atom stereocenters. The second-order valence-electron chi connectivity index (χ2n) is 12.0. The third kappa shape index (κ3) is 15.7. The molecule has 11 nitrogen and oxygen atoms in total. The van der Waals surface area contributed by atoms with E-state index >= 15 is 0 Å². The Hall–Kier alpha value is -1.57. The van der Waals surface area contributed by atoms with Crippen LogP contribution in [0.5, 0.6) is 6.01 Å². The van der Waals surface area contributed by atoms with Gasteiger partial charge in [0.2, 0.25) is 11.9 Å². The number of nitrogens with zero attached hydrogens (tertiary/aromatic N) is 4. The highest BCUT2D eigenvalue weighted by Crippen LogP contribution is 2.29. The summed E-state index contributed by atoms with van der Waals surface area (Å²) in [6.45, 7) is 9.26. The summed E-state index contributed by atoms with van der Waals surface area (Å²) in [6, 6.07) is 1.08. The second kappa shape index (κ2) is 24.6. The molecule has 1 amide bonds. The fourth-order valence-corrected chi connectivity index (χ4v) is 7.71. The van der Waals surface area contributed by atoms with Gasteiger partial charge in [0, 0.05) is 46.9 Å². The number of quaternary nitrogens is 1. The number of carbonyl (C=O) groups excluding carboxylic acids is 1. The van der Waals surface area contributed by atoms with Gasteiger partial charge in [0.15, 0.2) is 0 Å². The standard InChI is InChI=1S/C32H62N6O5Si.ClH/c1-6-8-9-10-12-16-22-29(39)33-23-17-13-11-14-18-25-38(26-19-15-20-27-38)31-35-30(36-32(37-31)43-7-2)34-24-21-28-44(40-3,41-4)42-5;/h6-28H2,1-5H3,(H-,33,34,35,36,37,39);1H. The molecule has 0 bridgehead atoms. The van der Waals surface area contributed by atoms with Crippen molar-refractivity contribution in [2.75, 3.05) is 66.0 Å². The van der Waals surface area contributed by atoms with Gasteiger partial charge >= 0.3 is 20.8 Å². The average molecular weight is 675 g/mol. The third-order valence-corrected chi connectivity index (χ3v) is 11.5. The van der Waals surface area contributed by atoms with E-state index in [-0.39, 0.29) is 18.3 Å². The molecule has 1 fully saturated rings. The van der Waals surface area contributed by atoms with Crippen molar-refractivity contribution in [2.24, 2.45) is 0 Å². The molecule has 2 heterocycles. The molecule has 13 heteroatoms. The average Bonchev–Trinajstić information content (AvgIpc) is 3.05. The molecule has 1 saturated heterocycles. The van der Waals surface area contributed by atoms with Crippen LogP contribution in [0.2, 0.25) is 6.04 Å². The number of hydrogen-bond donors (Lipinski definition) is 2. The largest absolute Gasteiger partial charge is 1.00 e. The number of nitrogens with one attached hydrogen (secondary N) is 2. The van der Waals surface area contributed by atoms with Gasteiger partial charge in [-0.1, -0.05) is 51.9 Å². The van der Waals surface area contributed by atoms with Crippen molar-refractivity contribution in [1.82, 2.24) is 24.8 Å². The molecule has 2 rings (SSSR count). The van der Waals surface area contributed by atoms with E-state index in [0.29, 0.717) is 37.6 Å². The number of anilines is 1. The maximum Gasteiger partial charge on any atom is 0.500 e. The zero-order valence-corrected chi connectivity index (χ0v) is 30.7. The SMILES string of the molecule is CCCCCCCCC(=O)NCCCCCCC[N+]1(c2nc(NCCC[Si](OC)(OC)OC)nc(OCC)n2)CCCCC1.[Cl-]. The number of ether oxygens (including phenoxy) is 1. The Morgan fingerprint density at radius 1 is 0.778 bits per heavy atom. The summed E-state index contributed by atoms with van der Waals surface area (Å²) >= 11 is 0. The lowest BCUT2D eigenvalue weighted by Crippen LogP contribution is -3.00. The normalized spacial score (nSPS) is 14.5. The second-order valence-corrected chi connectivity index (χ2v) is 15.1. The van der Waals surface area contributed by atoms with Gasteiger partial charge in [0.1, 0.15) is 0 Å². The first-order valence-corrected chi connectivity index (χ1v) is 19.3. The van der Waals surface area contributed by atoms with Crippen LogP contribution in [0.4, 0.5) is 11.9 Å². The van der Waals surface area contributed by atoms with Gasteiger partial charge in [0.05, 0.1) is 26.2 Å². The first-order chi connectivity index (χ1) is 21.5. The van der Waals surface area contributed by atoms with Gasteiger partial charge in [-0.05, 0) is 58.3 Å². The van der Waals surface area contributed by atoms with E-state index in [9.17, 15) is 4.79 Å². The van der Waals surface area contributed by atoms with Gasteiger partial charge in [-0.2, -0.15) is 4.98 Å². The van der Waals surface area contributed by atoms with Crippen LogP contribution in [-0.4, -0.2) is 90.3 Å². The van der Waals surface area contributed by atoms with Crippen LogP contribution in [0.25, 0.3) is 0 Å². The molecular weight excluding hydrogens is 612 g/mol. The third-order valence-electron chi connectivity index (χ3n) is 8.69. The number of amides is 1. The van der Waals surface area contributed by atoms with Crippen LogP contribution in [0.3, 0.4) is 0 Å². The van der Waals surface area contributed by atoms with E-state index < -0.39 is 8.80 Å². The van der Waals surface area contributed by atoms with E-state index in [1.54, 1.807) is 21.3 Å². The molecule has 1 aliphatic rings. The molecule has 1 aromatic heterocycles. The highest BCUT2D eigenvalue weighted by atomic mass is 35.5. The molecule has 0 saturated carbocycles. The number of halogens is 1. The first kappa shape index (κ1) is 41.4. The van der Waals surface area contributed by atoms with Crippen LogP contribution in [0, 0.1) is 0 Å². The molecule has 0 unspecified atom stereocenters. The Morgan fingerprint density at radius 2 is 1.42 bits per heavy atom. The Morgan fingerprint density at radius 3 is 2.09 bits per heavy atom. The molecule has 0 aromatic carbocycles. The number of hydrogen-bond acceptors (Lipinski definition) is 9. The molecule has 1 aliphatic heterocycles. The predicted molar refractivity (Wildman–Crippen MR) is 180 cm³/mol. The maximum absolute atomic E-state index is 12.1. The number of likely N-dealkylation sites (tertiary alicyclic amines) is 1. The van der Waals surface area contributed by atoms with E-state index in [1.807, 2.05) is 6.92 Å². The molecule has 1 aromatic rings. The zero-order chi connectivity index (χ0) is 31.9. The van der Waals surface area contributed by atoms with Crippen molar-refractivity contribution in [3.05, 3.63) is 0 Å². The minimum absolute atomic E-state index is 0. The minimum Gasteiger partial charge on any atom is -1.00 e. The molecule has 45 heavy (non-hydrogen) atoms. The van der Waals surface area contributed by atoms with Crippen LogP contribution < -0.4 is 32.3 Å². The van der Waals surface area contributed by atoms with E-state index in [2.05, 4.69) is 22.5 Å². The molecular formula is C32H63ClN6O5Si. The summed E-state index contributed by atoms with van der Waals surface area (Å²) in [7, 11) is 2.30. The molecule has 0 aliphatic carbocycles. The highest BCUT2D eigenvalue weighted by Gasteiger charge is 2.38. The van der Waals surface area contributed by atoms with Gasteiger partial charge in [-0.25, -0.2) is 0 Å². The zero-order valence-electron chi connectivity index (χ0n) is 29.0. The molecule has 2 N–H and O–H groups in total. The van der Waals surface area contributed by atoms with Crippen molar-refractivity contribution in [3.63, 3.8) is 0 Å². The summed E-state index contributed by atoms with van der Waals surface area (Å²) in [5, 5.41) is 6.49. The summed E-state index contributed by atoms with van der Waals surface area (Å²) < 4.78 is 23.2. The topological polar surface area (TPSA) is 117 Å². The quantitative estimate of drug-likeness (QED) is 0.0868. The fraction of sp³-hybridized carbons (Fsp3) is 0.875. The maximum atomic E-state index is 12.1. The monoisotopic (exact) mass is 674 g/mol. The summed E-state index contributed by atoms with van der Waals surface area (Å²) in [5.41, 5.74) is 0. The number of aromatic nitrogens is 3.